The monoisotopic (exact) mass is 306 g/mol. The molecule has 3 fully saturated rings. The summed E-state index contributed by atoms with van der Waals surface area (Å²) in [5, 5.41) is 13.8. The van der Waals surface area contributed by atoms with E-state index in [0.29, 0.717) is 17.5 Å². The molecule has 1 N–H and O–H groups in total. The predicted molar refractivity (Wildman–Crippen MR) is 78.0 cm³/mol. The van der Waals surface area contributed by atoms with Crippen LogP contribution in [-0.2, 0) is 4.79 Å². The van der Waals surface area contributed by atoms with Crippen molar-refractivity contribution in [3.8, 4) is 0 Å². The van der Waals surface area contributed by atoms with E-state index in [9.17, 15) is 14.9 Å². The van der Waals surface area contributed by atoms with Crippen molar-refractivity contribution >= 4 is 28.9 Å². The van der Waals surface area contributed by atoms with Crippen LogP contribution >= 0.6 is 11.6 Å². The lowest BCUT2D eigenvalue weighted by Crippen LogP contribution is -2.18. The number of rotatable bonds is 3. The molecule has 0 radical (unpaired) electrons. The van der Waals surface area contributed by atoms with E-state index in [1.807, 2.05) is 0 Å². The smallest absolute Gasteiger partial charge is 0.289 e. The van der Waals surface area contributed by atoms with Crippen LogP contribution in [0.1, 0.15) is 19.3 Å². The van der Waals surface area contributed by atoms with Crippen molar-refractivity contribution in [3.63, 3.8) is 0 Å². The second kappa shape index (κ2) is 4.44. The van der Waals surface area contributed by atoms with Crippen molar-refractivity contribution in [1.82, 2.24) is 0 Å². The number of carbonyl (C=O) groups excluding carboxylic acids is 1. The average molecular weight is 307 g/mol. The minimum absolute atomic E-state index is 0.0122. The predicted octanol–water partition coefficient (Wildman–Crippen LogP) is 3.48. The first kappa shape index (κ1) is 13.1. The SMILES string of the molecule is O=C(Nc1ccc(Cl)c([N+](=O)[O-])c1)C1C2C3CCC(C3)C12. The zero-order valence-electron chi connectivity index (χ0n) is 11.3. The zero-order valence-corrected chi connectivity index (χ0v) is 12.0. The number of benzene rings is 1. The first-order chi connectivity index (χ1) is 10.1. The highest BCUT2D eigenvalue weighted by Gasteiger charge is 2.67. The molecule has 4 rings (SSSR count). The molecular weight excluding hydrogens is 292 g/mol. The maximum absolute atomic E-state index is 12.4. The van der Waals surface area contributed by atoms with Gasteiger partial charge in [-0.1, -0.05) is 11.6 Å². The third-order valence-electron chi connectivity index (χ3n) is 5.45. The van der Waals surface area contributed by atoms with Gasteiger partial charge in [-0.2, -0.15) is 0 Å². The molecule has 3 saturated carbocycles. The van der Waals surface area contributed by atoms with E-state index >= 15 is 0 Å². The first-order valence-corrected chi connectivity index (χ1v) is 7.69. The number of nitrogens with one attached hydrogen (secondary N) is 1. The van der Waals surface area contributed by atoms with Crippen LogP contribution in [0.4, 0.5) is 11.4 Å². The Hall–Kier alpha value is -1.62. The maximum atomic E-state index is 12.4. The highest BCUT2D eigenvalue weighted by Crippen LogP contribution is 2.69. The minimum Gasteiger partial charge on any atom is -0.326 e. The van der Waals surface area contributed by atoms with E-state index in [0.717, 1.165) is 11.8 Å². The molecule has 0 aliphatic heterocycles. The first-order valence-electron chi connectivity index (χ1n) is 7.31. The highest BCUT2D eigenvalue weighted by atomic mass is 35.5. The topological polar surface area (TPSA) is 72.2 Å². The summed E-state index contributed by atoms with van der Waals surface area (Å²) in [7, 11) is 0. The van der Waals surface area contributed by atoms with Crippen molar-refractivity contribution in [2.75, 3.05) is 5.32 Å². The fraction of sp³-hybridized carbons (Fsp3) is 0.533. The number of nitro groups is 1. The number of fused-ring (bicyclic) bond motifs is 5. The Balaban J connectivity index is 1.49. The molecule has 6 heteroatoms. The summed E-state index contributed by atoms with van der Waals surface area (Å²) >= 11 is 5.77. The van der Waals surface area contributed by atoms with Gasteiger partial charge in [0.1, 0.15) is 5.02 Å². The standard InChI is InChI=1S/C15H15ClN2O3/c16-10-4-3-9(6-11(10)18(20)21)17-15(19)14-12-7-1-2-8(5-7)13(12)14/h3-4,6-8,12-14H,1-2,5H2,(H,17,19). The Labute approximate surface area is 126 Å². The molecule has 0 spiro atoms. The minimum atomic E-state index is -0.538. The van der Waals surface area contributed by atoms with Crippen LogP contribution < -0.4 is 5.32 Å². The third kappa shape index (κ3) is 1.94. The number of hydrogen-bond acceptors (Lipinski definition) is 3. The van der Waals surface area contributed by atoms with Crippen LogP contribution in [-0.4, -0.2) is 10.8 Å². The van der Waals surface area contributed by atoms with Crippen LogP contribution in [0, 0.1) is 39.7 Å². The molecule has 4 atom stereocenters. The molecule has 0 heterocycles. The molecule has 0 aromatic heterocycles. The number of hydrogen-bond donors (Lipinski definition) is 1. The molecule has 1 amide bonds. The maximum Gasteiger partial charge on any atom is 0.289 e. The molecule has 1 aromatic carbocycles. The second-order valence-electron chi connectivity index (χ2n) is 6.43. The van der Waals surface area contributed by atoms with Crippen LogP contribution in [0.3, 0.4) is 0 Å². The van der Waals surface area contributed by atoms with Crippen LogP contribution in [0.25, 0.3) is 0 Å². The number of nitrogens with zero attached hydrogens (tertiary/aromatic N) is 1. The normalized spacial score (nSPS) is 35.4. The zero-order chi connectivity index (χ0) is 14.7. The molecule has 5 nitrogen and oxygen atoms in total. The van der Waals surface area contributed by atoms with Gasteiger partial charge in [0, 0.05) is 17.7 Å². The Morgan fingerprint density at radius 2 is 1.95 bits per heavy atom. The molecule has 21 heavy (non-hydrogen) atoms. The number of carbonyl (C=O) groups is 1. The molecule has 4 unspecified atom stereocenters. The number of nitro benzene ring substituents is 1. The number of amides is 1. The number of anilines is 1. The van der Waals surface area contributed by atoms with Gasteiger partial charge in [0.2, 0.25) is 5.91 Å². The van der Waals surface area contributed by atoms with Gasteiger partial charge >= 0.3 is 0 Å². The summed E-state index contributed by atoms with van der Waals surface area (Å²) in [6.07, 6.45) is 3.83. The van der Waals surface area contributed by atoms with Gasteiger partial charge in [-0.05, 0) is 55.1 Å². The van der Waals surface area contributed by atoms with E-state index in [2.05, 4.69) is 5.32 Å². The third-order valence-corrected chi connectivity index (χ3v) is 5.77. The average Bonchev–Trinajstić information content (AvgIpc) is 2.90. The Bertz CT molecular complexity index is 632. The van der Waals surface area contributed by atoms with E-state index in [1.54, 1.807) is 6.07 Å². The summed E-state index contributed by atoms with van der Waals surface area (Å²) in [5.41, 5.74) is 0.277. The molecule has 0 saturated heterocycles. The van der Waals surface area contributed by atoms with Gasteiger partial charge in [0.05, 0.1) is 4.92 Å². The lowest BCUT2D eigenvalue weighted by molar-refractivity contribution is -0.384. The Morgan fingerprint density at radius 1 is 1.29 bits per heavy atom. The van der Waals surface area contributed by atoms with Crippen LogP contribution in [0.5, 0.6) is 0 Å². The fourth-order valence-corrected chi connectivity index (χ4v) is 4.82. The van der Waals surface area contributed by atoms with Crippen LogP contribution in [0.2, 0.25) is 5.02 Å². The van der Waals surface area contributed by atoms with Gasteiger partial charge in [-0.25, -0.2) is 0 Å². The summed E-state index contributed by atoms with van der Waals surface area (Å²) in [4.78, 5) is 22.7. The van der Waals surface area contributed by atoms with E-state index in [-0.39, 0.29) is 22.5 Å². The van der Waals surface area contributed by atoms with Crippen molar-refractivity contribution in [3.05, 3.63) is 33.3 Å². The lowest BCUT2D eigenvalue weighted by Gasteiger charge is -2.09. The van der Waals surface area contributed by atoms with Crippen molar-refractivity contribution in [2.24, 2.45) is 29.6 Å². The van der Waals surface area contributed by atoms with E-state index in [1.165, 1.54) is 31.4 Å². The largest absolute Gasteiger partial charge is 0.326 e. The summed E-state index contributed by atoms with van der Waals surface area (Å²) in [6, 6.07) is 4.39. The lowest BCUT2D eigenvalue weighted by atomic mass is 10.0. The van der Waals surface area contributed by atoms with Gasteiger partial charge in [0.15, 0.2) is 0 Å². The fourth-order valence-electron chi connectivity index (χ4n) is 4.63. The molecule has 3 aliphatic carbocycles. The number of halogens is 1. The highest BCUT2D eigenvalue weighted by molar-refractivity contribution is 6.32. The molecule has 2 bridgehead atoms. The van der Waals surface area contributed by atoms with Gasteiger partial charge < -0.3 is 5.32 Å². The van der Waals surface area contributed by atoms with Crippen molar-refractivity contribution in [1.29, 1.82) is 0 Å². The van der Waals surface area contributed by atoms with E-state index < -0.39 is 4.92 Å². The molecule has 110 valence electrons. The van der Waals surface area contributed by atoms with Gasteiger partial charge in [0.25, 0.3) is 5.69 Å². The van der Waals surface area contributed by atoms with E-state index in [4.69, 9.17) is 11.6 Å². The Morgan fingerprint density at radius 3 is 2.57 bits per heavy atom. The molecule has 3 aliphatic rings. The summed E-state index contributed by atoms with van der Waals surface area (Å²) < 4.78 is 0. The summed E-state index contributed by atoms with van der Waals surface area (Å²) in [6.45, 7) is 0. The van der Waals surface area contributed by atoms with Crippen molar-refractivity contribution < 1.29 is 9.72 Å². The van der Waals surface area contributed by atoms with Crippen LogP contribution in [0.15, 0.2) is 18.2 Å². The van der Waals surface area contributed by atoms with Gasteiger partial charge in [-0.15, -0.1) is 0 Å². The molecular formula is C15H15ClN2O3. The van der Waals surface area contributed by atoms with Gasteiger partial charge in [-0.3, -0.25) is 14.9 Å². The quantitative estimate of drug-likeness (QED) is 0.686. The molecule has 1 aromatic rings. The Kier molecular flexibility index (Phi) is 2.76. The second-order valence-corrected chi connectivity index (χ2v) is 6.83. The summed E-state index contributed by atoms with van der Waals surface area (Å²) in [5.74, 6) is 2.71. The van der Waals surface area contributed by atoms with Crippen molar-refractivity contribution in [2.45, 2.75) is 19.3 Å².